The summed E-state index contributed by atoms with van der Waals surface area (Å²) in [6.45, 7) is 11.3. The van der Waals surface area contributed by atoms with Crippen LogP contribution >= 0.6 is 0 Å². The van der Waals surface area contributed by atoms with E-state index < -0.39 is 12.2 Å². The van der Waals surface area contributed by atoms with Gasteiger partial charge in [-0.25, -0.2) is 0 Å². The van der Waals surface area contributed by atoms with Gasteiger partial charge in [0.25, 0.3) is 0 Å². The second-order valence-electron chi connectivity index (χ2n) is 4.27. The molecule has 0 heterocycles. The number of hydrogen-bond donors (Lipinski definition) is 2. The van der Waals surface area contributed by atoms with Crippen molar-refractivity contribution in [3.63, 3.8) is 0 Å². The monoisotopic (exact) mass is 172 g/mol. The molecule has 0 radical (unpaired) electrons. The fraction of sp³-hybridized carbons (Fsp3) is 0.800. The first-order chi connectivity index (χ1) is 5.30. The lowest BCUT2D eigenvalue weighted by Gasteiger charge is -2.30. The van der Waals surface area contributed by atoms with E-state index in [9.17, 15) is 10.2 Å². The minimum atomic E-state index is -0.796. The van der Waals surface area contributed by atoms with Crippen LogP contribution in [0.2, 0.25) is 0 Å². The summed E-state index contributed by atoms with van der Waals surface area (Å²) < 4.78 is 0. The van der Waals surface area contributed by atoms with Crippen LogP contribution in [-0.4, -0.2) is 22.4 Å². The van der Waals surface area contributed by atoms with Crippen LogP contribution in [0.5, 0.6) is 0 Å². The van der Waals surface area contributed by atoms with Crippen LogP contribution in [0.4, 0.5) is 0 Å². The van der Waals surface area contributed by atoms with E-state index in [1.165, 1.54) is 0 Å². The van der Waals surface area contributed by atoms with Gasteiger partial charge in [-0.3, -0.25) is 0 Å². The summed E-state index contributed by atoms with van der Waals surface area (Å²) >= 11 is 0. The minimum absolute atomic E-state index is 0.294. The Kier molecular flexibility index (Phi) is 3.94. The van der Waals surface area contributed by atoms with Crippen molar-refractivity contribution in [2.24, 2.45) is 5.41 Å². The molecule has 2 heteroatoms. The highest BCUT2D eigenvalue weighted by Crippen LogP contribution is 2.25. The second kappa shape index (κ2) is 4.06. The zero-order chi connectivity index (χ0) is 9.94. The highest BCUT2D eigenvalue weighted by Gasteiger charge is 2.29. The molecule has 0 aliphatic heterocycles. The van der Waals surface area contributed by atoms with Gasteiger partial charge in [-0.2, -0.15) is 0 Å². The molecule has 0 aromatic carbocycles. The van der Waals surface area contributed by atoms with Gasteiger partial charge in [0.1, 0.15) is 6.10 Å². The Balaban J connectivity index is 4.29. The molecule has 0 amide bonds. The van der Waals surface area contributed by atoms with Crippen LogP contribution < -0.4 is 0 Å². The normalized spacial score (nSPS) is 17.2. The molecule has 0 aromatic rings. The van der Waals surface area contributed by atoms with E-state index >= 15 is 0 Å². The molecule has 0 bridgehead atoms. The van der Waals surface area contributed by atoms with Crippen molar-refractivity contribution < 1.29 is 10.2 Å². The van der Waals surface area contributed by atoms with Crippen LogP contribution in [0.1, 0.15) is 34.1 Å². The molecule has 0 aromatic heterocycles. The van der Waals surface area contributed by atoms with Crippen molar-refractivity contribution in [1.82, 2.24) is 0 Å². The van der Waals surface area contributed by atoms with Crippen molar-refractivity contribution in [2.45, 2.75) is 46.3 Å². The Hall–Kier alpha value is -0.340. The minimum Gasteiger partial charge on any atom is -0.390 e. The van der Waals surface area contributed by atoms with E-state index in [0.29, 0.717) is 12.0 Å². The van der Waals surface area contributed by atoms with Crippen molar-refractivity contribution in [1.29, 1.82) is 0 Å². The summed E-state index contributed by atoms with van der Waals surface area (Å²) in [4.78, 5) is 0. The van der Waals surface area contributed by atoms with E-state index in [4.69, 9.17) is 0 Å². The zero-order valence-electron chi connectivity index (χ0n) is 8.46. The van der Waals surface area contributed by atoms with Crippen LogP contribution in [0.3, 0.4) is 0 Å². The predicted molar refractivity (Wildman–Crippen MR) is 50.9 cm³/mol. The molecule has 2 atom stereocenters. The van der Waals surface area contributed by atoms with E-state index in [-0.39, 0.29) is 5.41 Å². The number of hydrogen-bond acceptors (Lipinski definition) is 2. The van der Waals surface area contributed by atoms with Gasteiger partial charge in [0, 0.05) is 0 Å². The fourth-order valence-electron chi connectivity index (χ4n) is 0.906. The molecule has 0 fully saturated rings. The van der Waals surface area contributed by atoms with E-state index in [1.54, 1.807) is 0 Å². The third-order valence-electron chi connectivity index (χ3n) is 2.06. The van der Waals surface area contributed by atoms with Crippen molar-refractivity contribution in [3.8, 4) is 0 Å². The van der Waals surface area contributed by atoms with Gasteiger partial charge >= 0.3 is 0 Å². The van der Waals surface area contributed by atoms with E-state index in [1.807, 2.05) is 27.7 Å². The Labute approximate surface area is 74.9 Å². The van der Waals surface area contributed by atoms with Gasteiger partial charge in [0.15, 0.2) is 0 Å². The summed E-state index contributed by atoms with van der Waals surface area (Å²) in [5, 5.41) is 19.2. The lowest BCUT2D eigenvalue weighted by Crippen LogP contribution is -2.38. The largest absolute Gasteiger partial charge is 0.390 e. The maximum absolute atomic E-state index is 9.64. The molecule has 0 unspecified atom stereocenters. The van der Waals surface area contributed by atoms with Crippen molar-refractivity contribution in [2.75, 3.05) is 0 Å². The van der Waals surface area contributed by atoms with Crippen LogP contribution in [-0.2, 0) is 0 Å². The van der Waals surface area contributed by atoms with Crippen LogP contribution in [0.15, 0.2) is 12.2 Å². The van der Waals surface area contributed by atoms with E-state index in [2.05, 4.69) is 6.58 Å². The fourth-order valence-corrected chi connectivity index (χ4v) is 0.906. The lowest BCUT2D eigenvalue weighted by molar-refractivity contribution is -0.0277. The Bertz CT molecular complexity index is 156. The molecule has 0 spiro atoms. The first-order valence-electron chi connectivity index (χ1n) is 4.34. The van der Waals surface area contributed by atoms with Gasteiger partial charge in [-0.15, -0.1) is 0 Å². The van der Waals surface area contributed by atoms with Gasteiger partial charge in [-0.1, -0.05) is 34.3 Å². The summed E-state index contributed by atoms with van der Waals surface area (Å²) in [5.41, 5.74) is 0.398. The molecular weight excluding hydrogens is 152 g/mol. The van der Waals surface area contributed by atoms with Crippen LogP contribution in [0.25, 0.3) is 0 Å². The Morgan fingerprint density at radius 1 is 1.33 bits per heavy atom. The standard InChI is InChI=1S/C10H20O2/c1-6-7(2)8(11)9(12)10(3,4)5/h8-9,11-12H,2,6H2,1,3-5H3/t8-,9-/m1/s1. The summed E-state index contributed by atoms with van der Waals surface area (Å²) in [6.07, 6.45) is -0.825. The molecular formula is C10H20O2. The third-order valence-corrected chi connectivity index (χ3v) is 2.06. The molecule has 0 rings (SSSR count). The Morgan fingerprint density at radius 3 is 2.00 bits per heavy atom. The molecule has 12 heavy (non-hydrogen) atoms. The predicted octanol–water partition coefficient (Wildman–Crippen LogP) is 1.72. The topological polar surface area (TPSA) is 40.5 Å². The first-order valence-corrected chi connectivity index (χ1v) is 4.34. The quantitative estimate of drug-likeness (QED) is 0.636. The summed E-state index contributed by atoms with van der Waals surface area (Å²) in [6, 6.07) is 0. The molecule has 0 aliphatic rings. The molecule has 2 N–H and O–H groups in total. The average Bonchev–Trinajstić information content (AvgIpc) is 1.98. The van der Waals surface area contributed by atoms with Crippen molar-refractivity contribution >= 4 is 0 Å². The highest BCUT2D eigenvalue weighted by molar-refractivity contribution is 5.05. The summed E-state index contributed by atoms with van der Waals surface area (Å²) in [5.74, 6) is 0. The summed E-state index contributed by atoms with van der Waals surface area (Å²) in [7, 11) is 0. The lowest BCUT2D eigenvalue weighted by atomic mass is 9.83. The third kappa shape index (κ3) is 2.95. The second-order valence-corrected chi connectivity index (χ2v) is 4.27. The molecule has 72 valence electrons. The zero-order valence-corrected chi connectivity index (χ0v) is 8.46. The van der Waals surface area contributed by atoms with Gasteiger partial charge in [0.2, 0.25) is 0 Å². The SMILES string of the molecule is C=C(CC)[C@@H](O)[C@@H](O)C(C)(C)C. The van der Waals surface area contributed by atoms with Gasteiger partial charge in [0.05, 0.1) is 6.10 Å². The maximum atomic E-state index is 9.64. The first kappa shape index (κ1) is 11.7. The Morgan fingerprint density at radius 2 is 1.75 bits per heavy atom. The number of rotatable bonds is 3. The maximum Gasteiger partial charge on any atom is 0.101 e. The van der Waals surface area contributed by atoms with E-state index in [0.717, 1.165) is 0 Å². The average molecular weight is 172 g/mol. The smallest absolute Gasteiger partial charge is 0.101 e. The number of aliphatic hydroxyl groups is 2. The molecule has 0 saturated carbocycles. The number of aliphatic hydroxyl groups excluding tert-OH is 2. The molecule has 0 saturated heterocycles. The van der Waals surface area contributed by atoms with Gasteiger partial charge < -0.3 is 10.2 Å². The highest BCUT2D eigenvalue weighted by atomic mass is 16.3. The van der Waals surface area contributed by atoms with Crippen molar-refractivity contribution in [3.05, 3.63) is 12.2 Å². The molecule has 0 aliphatic carbocycles. The molecule has 2 nitrogen and oxygen atoms in total. The van der Waals surface area contributed by atoms with Crippen LogP contribution in [0, 0.1) is 5.41 Å². The van der Waals surface area contributed by atoms with Gasteiger partial charge in [-0.05, 0) is 17.4 Å².